The Labute approximate surface area is 143 Å². The minimum atomic E-state index is 0.686. The van der Waals surface area contributed by atoms with Crippen LogP contribution in [0, 0.1) is 11.8 Å². The Morgan fingerprint density at radius 1 is 0.909 bits per heavy atom. The lowest BCUT2D eigenvalue weighted by Gasteiger charge is -2.00. The Hall–Kier alpha value is -2.08. The number of aromatic nitrogens is 1. The third kappa shape index (κ3) is 3.57. The molecule has 0 aliphatic rings. The Morgan fingerprint density at radius 3 is 2.41 bits per heavy atom. The quantitative estimate of drug-likeness (QED) is 0.512. The molecule has 0 aliphatic heterocycles. The standard InChI is InChI=1S/C19H11BrClN/c20-18-12-17(21)10-9-15(18)8-6-14-7-11-19(22-13-14)16-4-2-1-3-5-16/h1-5,7,9-13H. The van der Waals surface area contributed by atoms with Crippen LogP contribution < -0.4 is 0 Å². The highest BCUT2D eigenvalue weighted by molar-refractivity contribution is 9.10. The molecule has 0 spiro atoms. The molecule has 0 saturated carbocycles. The first-order valence-corrected chi connectivity index (χ1v) is 7.88. The van der Waals surface area contributed by atoms with E-state index in [0.717, 1.165) is 26.9 Å². The zero-order valence-electron chi connectivity index (χ0n) is 11.6. The molecular weight excluding hydrogens is 358 g/mol. The topological polar surface area (TPSA) is 12.9 Å². The number of benzene rings is 2. The summed E-state index contributed by atoms with van der Waals surface area (Å²) >= 11 is 9.38. The van der Waals surface area contributed by atoms with Crippen LogP contribution in [0.25, 0.3) is 11.3 Å². The summed E-state index contributed by atoms with van der Waals surface area (Å²) in [6, 6.07) is 19.6. The van der Waals surface area contributed by atoms with Gasteiger partial charge in [0.05, 0.1) is 5.69 Å². The molecule has 1 heterocycles. The van der Waals surface area contributed by atoms with Crippen LogP contribution in [0.3, 0.4) is 0 Å². The van der Waals surface area contributed by atoms with Gasteiger partial charge in [-0.25, -0.2) is 0 Å². The molecule has 0 radical (unpaired) electrons. The van der Waals surface area contributed by atoms with E-state index in [0.29, 0.717) is 5.02 Å². The van der Waals surface area contributed by atoms with Crippen molar-refractivity contribution in [1.29, 1.82) is 0 Å². The normalized spacial score (nSPS) is 9.91. The molecule has 22 heavy (non-hydrogen) atoms. The average Bonchev–Trinajstić information content (AvgIpc) is 2.55. The minimum Gasteiger partial charge on any atom is -0.255 e. The Balaban J connectivity index is 1.84. The van der Waals surface area contributed by atoms with Crippen molar-refractivity contribution in [3.63, 3.8) is 0 Å². The van der Waals surface area contributed by atoms with Crippen LogP contribution in [-0.2, 0) is 0 Å². The number of rotatable bonds is 1. The van der Waals surface area contributed by atoms with Gasteiger partial charge in [-0.3, -0.25) is 4.98 Å². The molecule has 0 fully saturated rings. The molecular formula is C19H11BrClN. The highest BCUT2D eigenvalue weighted by atomic mass is 79.9. The van der Waals surface area contributed by atoms with Crippen molar-refractivity contribution in [2.75, 3.05) is 0 Å². The lowest BCUT2D eigenvalue weighted by molar-refractivity contribution is 1.31. The molecule has 0 amide bonds. The first-order chi connectivity index (χ1) is 10.7. The van der Waals surface area contributed by atoms with E-state index in [1.54, 1.807) is 6.20 Å². The molecule has 0 unspecified atom stereocenters. The van der Waals surface area contributed by atoms with Crippen LogP contribution in [0.1, 0.15) is 11.1 Å². The average molecular weight is 369 g/mol. The summed E-state index contributed by atoms with van der Waals surface area (Å²) in [7, 11) is 0. The largest absolute Gasteiger partial charge is 0.255 e. The summed E-state index contributed by atoms with van der Waals surface area (Å²) in [5.74, 6) is 6.23. The monoisotopic (exact) mass is 367 g/mol. The number of nitrogens with zero attached hydrogens (tertiary/aromatic N) is 1. The molecule has 3 heteroatoms. The molecule has 0 N–H and O–H groups in total. The number of halogens is 2. The summed E-state index contributed by atoms with van der Waals surface area (Å²) in [6.07, 6.45) is 1.79. The third-order valence-corrected chi connectivity index (χ3v) is 4.00. The first-order valence-electron chi connectivity index (χ1n) is 6.71. The second-order valence-corrected chi connectivity index (χ2v) is 5.96. The van der Waals surface area contributed by atoms with Crippen molar-refractivity contribution >= 4 is 27.5 Å². The van der Waals surface area contributed by atoms with Crippen molar-refractivity contribution < 1.29 is 0 Å². The van der Waals surface area contributed by atoms with E-state index in [1.165, 1.54) is 0 Å². The van der Waals surface area contributed by atoms with Crippen LogP contribution in [0.4, 0.5) is 0 Å². The van der Waals surface area contributed by atoms with E-state index >= 15 is 0 Å². The van der Waals surface area contributed by atoms with E-state index in [2.05, 4.69) is 32.8 Å². The van der Waals surface area contributed by atoms with Crippen LogP contribution in [-0.4, -0.2) is 4.98 Å². The molecule has 1 nitrogen and oxygen atoms in total. The maximum absolute atomic E-state index is 5.92. The van der Waals surface area contributed by atoms with Gasteiger partial charge in [0.15, 0.2) is 0 Å². The van der Waals surface area contributed by atoms with E-state index < -0.39 is 0 Å². The Kier molecular flexibility index (Phi) is 4.58. The summed E-state index contributed by atoms with van der Waals surface area (Å²) in [6.45, 7) is 0. The van der Waals surface area contributed by atoms with Gasteiger partial charge in [0, 0.05) is 32.4 Å². The number of pyridine rings is 1. The number of hydrogen-bond donors (Lipinski definition) is 0. The summed E-state index contributed by atoms with van der Waals surface area (Å²) in [5, 5.41) is 0.686. The van der Waals surface area contributed by atoms with Crippen LogP contribution in [0.2, 0.25) is 5.02 Å². The lowest BCUT2D eigenvalue weighted by Crippen LogP contribution is -1.84. The molecule has 0 bridgehead atoms. The van der Waals surface area contributed by atoms with Gasteiger partial charge < -0.3 is 0 Å². The van der Waals surface area contributed by atoms with Gasteiger partial charge in [0.1, 0.15) is 0 Å². The molecule has 106 valence electrons. The molecule has 0 aliphatic carbocycles. The second kappa shape index (κ2) is 6.79. The highest BCUT2D eigenvalue weighted by Crippen LogP contribution is 2.21. The van der Waals surface area contributed by atoms with E-state index in [4.69, 9.17) is 11.6 Å². The number of hydrogen-bond acceptors (Lipinski definition) is 1. The van der Waals surface area contributed by atoms with Crippen molar-refractivity contribution in [2.24, 2.45) is 0 Å². The molecule has 2 aromatic carbocycles. The van der Waals surface area contributed by atoms with Gasteiger partial charge in [-0.1, -0.05) is 53.8 Å². The van der Waals surface area contributed by atoms with Gasteiger partial charge in [0.25, 0.3) is 0 Å². The Bertz CT molecular complexity index is 846. The molecule has 3 rings (SSSR count). The predicted molar refractivity (Wildman–Crippen MR) is 94.8 cm³/mol. The smallest absolute Gasteiger partial charge is 0.0702 e. The second-order valence-electron chi connectivity index (χ2n) is 4.67. The van der Waals surface area contributed by atoms with E-state index in [1.807, 2.05) is 60.7 Å². The summed E-state index contributed by atoms with van der Waals surface area (Å²) < 4.78 is 0.890. The van der Waals surface area contributed by atoms with E-state index in [9.17, 15) is 0 Å². The zero-order valence-corrected chi connectivity index (χ0v) is 13.9. The molecule has 0 saturated heterocycles. The third-order valence-electron chi connectivity index (χ3n) is 3.11. The van der Waals surface area contributed by atoms with Gasteiger partial charge in [0.2, 0.25) is 0 Å². The predicted octanol–water partition coefficient (Wildman–Crippen LogP) is 5.56. The van der Waals surface area contributed by atoms with E-state index in [-0.39, 0.29) is 0 Å². The SMILES string of the molecule is Clc1ccc(C#Cc2ccc(-c3ccccc3)nc2)c(Br)c1. The van der Waals surface area contributed by atoms with Gasteiger partial charge in [-0.15, -0.1) is 0 Å². The molecule has 3 aromatic rings. The fraction of sp³-hybridized carbons (Fsp3) is 0. The minimum absolute atomic E-state index is 0.686. The van der Waals surface area contributed by atoms with Gasteiger partial charge in [-0.2, -0.15) is 0 Å². The maximum Gasteiger partial charge on any atom is 0.0702 e. The first kappa shape index (κ1) is 14.8. The highest BCUT2D eigenvalue weighted by Gasteiger charge is 1.99. The zero-order chi connectivity index (χ0) is 15.4. The Morgan fingerprint density at radius 2 is 1.73 bits per heavy atom. The molecule has 1 aromatic heterocycles. The summed E-state index contributed by atoms with van der Waals surface area (Å²) in [5.41, 5.74) is 3.82. The fourth-order valence-corrected chi connectivity index (χ4v) is 2.76. The summed E-state index contributed by atoms with van der Waals surface area (Å²) in [4.78, 5) is 4.46. The lowest BCUT2D eigenvalue weighted by atomic mass is 10.1. The van der Waals surface area contributed by atoms with Crippen molar-refractivity contribution in [2.45, 2.75) is 0 Å². The van der Waals surface area contributed by atoms with Crippen molar-refractivity contribution in [1.82, 2.24) is 4.98 Å². The molecule has 0 atom stereocenters. The van der Waals surface area contributed by atoms with Crippen LogP contribution in [0.5, 0.6) is 0 Å². The van der Waals surface area contributed by atoms with Crippen LogP contribution >= 0.6 is 27.5 Å². The van der Waals surface area contributed by atoms with Gasteiger partial charge >= 0.3 is 0 Å². The maximum atomic E-state index is 5.92. The van der Waals surface area contributed by atoms with Gasteiger partial charge in [-0.05, 0) is 46.3 Å². The van der Waals surface area contributed by atoms with Crippen LogP contribution in [0.15, 0.2) is 71.3 Å². The fourth-order valence-electron chi connectivity index (χ4n) is 1.98. The van der Waals surface area contributed by atoms with Crippen molar-refractivity contribution in [3.05, 3.63) is 87.5 Å². The van der Waals surface area contributed by atoms with Crippen molar-refractivity contribution in [3.8, 4) is 23.1 Å².